The van der Waals surface area contributed by atoms with Crippen molar-refractivity contribution in [2.45, 2.75) is 13.3 Å². The summed E-state index contributed by atoms with van der Waals surface area (Å²) in [7, 11) is 0. The molecule has 6 nitrogen and oxygen atoms in total. The molecule has 1 aromatic heterocycles. The van der Waals surface area contributed by atoms with Crippen molar-refractivity contribution in [1.82, 2.24) is 4.98 Å². The summed E-state index contributed by atoms with van der Waals surface area (Å²) in [5, 5.41) is 3.43. The highest BCUT2D eigenvalue weighted by molar-refractivity contribution is 5.83. The zero-order valence-electron chi connectivity index (χ0n) is 12.7. The SMILES string of the molecule is CC(=O)ON=C(N)Cc1nc2ccccc2o1.c1ccccc1. The lowest BCUT2D eigenvalue weighted by molar-refractivity contribution is -0.140. The van der Waals surface area contributed by atoms with Gasteiger partial charge in [0.2, 0.25) is 5.89 Å². The number of carbonyl (C=O) groups excluding carboxylic acids is 1. The quantitative estimate of drug-likeness (QED) is 0.347. The van der Waals surface area contributed by atoms with Gasteiger partial charge in [-0.15, -0.1) is 0 Å². The number of rotatable bonds is 3. The highest BCUT2D eigenvalue weighted by Gasteiger charge is 2.07. The van der Waals surface area contributed by atoms with E-state index in [9.17, 15) is 4.79 Å². The van der Waals surface area contributed by atoms with Gasteiger partial charge in [0.25, 0.3) is 0 Å². The zero-order valence-corrected chi connectivity index (χ0v) is 12.7. The van der Waals surface area contributed by atoms with E-state index in [0.29, 0.717) is 11.5 Å². The maximum Gasteiger partial charge on any atom is 0.332 e. The molecule has 3 rings (SSSR count). The van der Waals surface area contributed by atoms with Gasteiger partial charge < -0.3 is 15.0 Å². The molecule has 0 amide bonds. The van der Waals surface area contributed by atoms with Crippen LogP contribution in [-0.2, 0) is 16.1 Å². The first-order valence-electron chi connectivity index (χ1n) is 6.99. The molecule has 0 radical (unpaired) electrons. The van der Waals surface area contributed by atoms with Crippen molar-refractivity contribution in [3.05, 3.63) is 66.6 Å². The number of oxazole rings is 1. The van der Waals surface area contributed by atoms with Gasteiger partial charge in [-0.3, -0.25) is 0 Å². The minimum Gasteiger partial charge on any atom is -0.440 e. The summed E-state index contributed by atoms with van der Waals surface area (Å²) in [5.74, 6) is 0.0388. The van der Waals surface area contributed by atoms with E-state index in [1.807, 2.05) is 60.7 Å². The fourth-order valence-corrected chi connectivity index (χ4v) is 1.69. The van der Waals surface area contributed by atoms with Gasteiger partial charge in [0, 0.05) is 6.92 Å². The normalized spacial score (nSPS) is 10.7. The highest BCUT2D eigenvalue weighted by Crippen LogP contribution is 2.14. The van der Waals surface area contributed by atoms with Crippen molar-refractivity contribution >= 4 is 22.9 Å². The molecule has 3 aromatic rings. The van der Waals surface area contributed by atoms with Crippen LogP contribution in [0.3, 0.4) is 0 Å². The monoisotopic (exact) mass is 311 g/mol. The van der Waals surface area contributed by atoms with E-state index in [4.69, 9.17) is 10.2 Å². The molecule has 0 atom stereocenters. The molecule has 0 unspecified atom stereocenters. The second-order valence-electron chi connectivity index (χ2n) is 4.57. The topological polar surface area (TPSA) is 90.7 Å². The Hall–Kier alpha value is -3.15. The smallest absolute Gasteiger partial charge is 0.332 e. The van der Waals surface area contributed by atoms with E-state index < -0.39 is 5.97 Å². The number of carbonyl (C=O) groups is 1. The molecule has 0 saturated heterocycles. The molecule has 0 saturated carbocycles. The third kappa shape index (κ3) is 5.62. The molecule has 1 heterocycles. The summed E-state index contributed by atoms with van der Waals surface area (Å²) in [4.78, 5) is 19.1. The number of benzene rings is 2. The van der Waals surface area contributed by atoms with Crippen LogP contribution in [-0.4, -0.2) is 16.8 Å². The minimum atomic E-state index is -0.523. The van der Waals surface area contributed by atoms with Crippen LogP contribution in [0.5, 0.6) is 0 Å². The van der Waals surface area contributed by atoms with E-state index in [-0.39, 0.29) is 12.3 Å². The van der Waals surface area contributed by atoms with Crippen LogP contribution in [0.1, 0.15) is 12.8 Å². The zero-order chi connectivity index (χ0) is 16.5. The van der Waals surface area contributed by atoms with E-state index in [1.54, 1.807) is 0 Å². The molecule has 0 aliphatic carbocycles. The number of hydrogen-bond acceptors (Lipinski definition) is 5. The molecule has 23 heavy (non-hydrogen) atoms. The molecule has 2 N–H and O–H groups in total. The van der Waals surface area contributed by atoms with Gasteiger partial charge >= 0.3 is 5.97 Å². The maximum atomic E-state index is 10.5. The van der Waals surface area contributed by atoms with Crippen LogP contribution in [0.15, 0.2) is 70.2 Å². The standard InChI is InChI=1S/C11H11N3O3.C6H6/c1-7(15)17-14-10(12)6-11-13-8-4-2-3-5-9(8)16-11;1-2-4-6-5-3-1/h2-5H,6H2,1H3,(H2,12,14);1-6H. The van der Waals surface area contributed by atoms with Crippen molar-refractivity contribution in [2.24, 2.45) is 10.9 Å². The molecule has 0 spiro atoms. The second-order valence-corrected chi connectivity index (χ2v) is 4.57. The number of nitrogens with zero attached hydrogens (tertiary/aromatic N) is 2. The number of aromatic nitrogens is 1. The molecular formula is C17H17N3O3. The van der Waals surface area contributed by atoms with Gasteiger partial charge in [0.15, 0.2) is 5.58 Å². The molecule has 0 aliphatic rings. The van der Waals surface area contributed by atoms with Crippen LogP contribution >= 0.6 is 0 Å². The largest absolute Gasteiger partial charge is 0.440 e. The number of para-hydroxylation sites is 2. The third-order valence-electron chi connectivity index (χ3n) is 2.63. The van der Waals surface area contributed by atoms with E-state index in [0.717, 1.165) is 5.52 Å². The van der Waals surface area contributed by atoms with Crippen LogP contribution in [0, 0.1) is 0 Å². The van der Waals surface area contributed by atoms with Gasteiger partial charge in [-0.05, 0) is 12.1 Å². The highest BCUT2D eigenvalue weighted by atomic mass is 16.7. The Kier molecular flexibility index (Phi) is 5.88. The van der Waals surface area contributed by atoms with E-state index in [2.05, 4.69) is 15.0 Å². The van der Waals surface area contributed by atoms with Crippen LogP contribution in [0.4, 0.5) is 0 Å². The summed E-state index contributed by atoms with van der Waals surface area (Å²) >= 11 is 0. The van der Waals surface area contributed by atoms with E-state index >= 15 is 0 Å². The Labute approximate surface area is 133 Å². The summed E-state index contributed by atoms with van der Waals surface area (Å²) in [5.41, 5.74) is 6.98. The van der Waals surface area contributed by atoms with Gasteiger partial charge in [-0.1, -0.05) is 53.7 Å². The Morgan fingerprint density at radius 2 is 1.74 bits per heavy atom. The lowest BCUT2D eigenvalue weighted by Gasteiger charge is -1.95. The first-order valence-corrected chi connectivity index (χ1v) is 6.99. The minimum absolute atomic E-state index is 0.131. The van der Waals surface area contributed by atoms with Crippen molar-refractivity contribution in [3.63, 3.8) is 0 Å². The van der Waals surface area contributed by atoms with Crippen LogP contribution in [0.2, 0.25) is 0 Å². The van der Waals surface area contributed by atoms with Gasteiger partial charge in [0.05, 0.1) is 6.42 Å². The number of nitrogens with two attached hydrogens (primary N) is 1. The maximum absolute atomic E-state index is 10.5. The van der Waals surface area contributed by atoms with Crippen molar-refractivity contribution in [3.8, 4) is 0 Å². The Balaban J connectivity index is 0.000000268. The molecule has 0 aliphatic heterocycles. The summed E-state index contributed by atoms with van der Waals surface area (Å²) in [6.07, 6.45) is 0.196. The molecule has 118 valence electrons. The first-order chi connectivity index (χ1) is 11.1. The summed E-state index contributed by atoms with van der Waals surface area (Å²) in [6.45, 7) is 1.25. The summed E-state index contributed by atoms with van der Waals surface area (Å²) < 4.78 is 5.43. The van der Waals surface area contributed by atoms with Crippen molar-refractivity contribution in [2.75, 3.05) is 0 Å². The predicted molar refractivity (Wildman–Crippen MR) is 87.5 cm³/mol. The van der Waals surface area contributed by atoms with Crippen molar-refractivity contribution in [1.29, 1.82) is 0 Å². The second kappa shape index (κ2) is 8.33. The molecule has 0 bridgehead atoms. The number of hydrogen-bond donors (Lipinski definition) is 1. The molecule has 6 heteroatoms. The Morgan fingerprint density at radius 3 is 2.30 bits per heavy atom. The van der Waals surface area contributed by atoms with Crippen LogP contribution < -0.4 is 5.73 Å². The predicted octanol–water partition coefficient (Wildman–Crippen LogP) is 2.89. The average molecular weight is 311 g/mol. The van der Waals surface area contributed by atoms with Crippen molar-refractivity contribution < 1.29 is 14.0 Å². The molecule has 0 fully saturated rings. The summed E-state index contributed by atoms with van der Waals surface area (Å²) in [6, 6.07) is 19.4. The third-order valence-corrected chi connectivity index (χ3v) is 2.63. The number of amidine groups is 1. The van der Waals surface area contributed by atoms with E-state index in [1.165, 1.54) is 6.92 Å². The molecular weight excluding hydrogens is 294 g/mol. The Bertz CT molecular complexity index is 722. The fraction of sp³-hybridized carbons (Fsp3) is 0.118. The Morgan fingerprint density at radius 1 is 1.13 bits per heavy atom. The molecule has 2 aromatic carbocycles. The van der Waals surface area contributed by atoms with Gasteiger partial charge in [0.1, 0.15) is 11.4 Å². The number of oxime groups is 1. The first kappa shape index (κ1) is 16.2. The number of fused-ring (bicyclic) bond motifs is 1. The van der Waals surface area contributed by atoms with Gasteiger partial charge in [-0.2, -0.15) is 0 Å². The fourth-order valence-electron chi connectivity index (χ4n) is 1.69. The lowest BCUT2D eigenvalue weighted by atomic mass is 10.3. The van der Waals surface area contributed by atoms with Crippen LogP contribution in [0.25, 0.3) is 11.1 Å². The average Bonchev–Trinajstić information content (AvgIpc) is 2.97. The lowest BCUT2D eigenvalue weighted by Crippen LogP contribution is -2.16. The van der Waals surface area contributed by atoms with Gasteiger partial charge in [-0.25, -0.2) is 9.78 Å².